The summed E-state index contributed by atoms with van der Waals surface area (Å²) in [5.41, 5.74) is 1.16. The van der Waals surface area contributed by atoms with E-state index in [4.69, 9.17) is 5.26 Å². The molecule has 0 aliphatic carbocycles. The summed E-state index contributed by atoms with van der Waals surface area (Å²) in [7, 11) is -0.904. The van der Waals surface area contributed by atoms with Gasteiger partial charge in [0.15, 0.2) is 0 Å². The second-order valence-corrected chi connectivity index (χ2v) is 5.27. The highest BCUT2D eigenvalue weighted by Gasteiger charge is 2.08. The van der Waals surface area contributed by atoms with Crippen LogP contribution in [0.1, 0.15) is 25.1 Å². The molecular formula is C11H14N2OS. The molecule has 1 aromatic heterocycles. The lowest BCUT2D eigenvalue weighted by atomic mass is 10.2. The zero-order valence-corrected chi connectivity index (χ0v) is 9.75. The summed E-state index contributed by atoms with van der Waals surface area (Å²) in [5.74, 6) is 1.50. The van der Waals surface area contributed by atoms with E-state index in [2.05, 4.69) is 4.98 Å². The van der Waals surface area contributed by atoms with Crippen LogP contribution in [-0.4, -0.2) is 14.9 Å². The van der Waals surface area contributed by atoms with Crippen LogP contribution in [0.2, 0.25) is 0 Å². The van der Waals surface area contributed by atoms with E-state index in [0.717, 1.165) is 5.56 Å². The Morgan fingerprint density at radius 2 is 2.33 bits per heavy atom. The van der Waals surface area contributed by atoms with Crippen LogP contribution in [0.25, 0.3) is 0 Å². The van der Waals surface area contributed by atoms with Gasteiger partial charge in [-0.05, 0) is 12.0 Å². The Kier molecular flexibility index (Phi) is 4.44. The summed E-state index contributed by atoms with van der Waals surface area (Å²) in [6, 6.07) is 5.58. The van der Waals surface area contributed by atoms with E-state index in [1.165, 1.54) is 0 Å². The maximum Gasteiger partial charge on any atom is 0.144 e. The quantitative estimate of drug-likeness (QED) is 0.781. The molecule has 1 atom stereocenters. The monoisotopic (exact) mass is 222 g/mol. The minimum atomic E-state index is -0.904. The third-order valence-corrected chi connectivity index (χ3v) is 3.50. The topological polar surface area (TPSA) is 53.8 Å². The molecule has 0 aromatic carbocycles. The van der Waals surface area contributed by atoms with Gasteiger partial charge in [0.05, 0.1) is 5.75 Å². The summed E-state index contributed by atoms with van der Waals surface area (Å²) >= 11 is 0. The Bertz CT molecular complexity index is 396. The van der Waals surface area contributed by atoms with Crippen molar-refractivity contribution in [1.29, 1.82) is 5.26 Å². The van der Waals surface area contributed by atoms with Crippen molar-refractivity contribution in [1.82, 2.24) is 4.98 Å². The lowest BCUT2D eigenvalue weighted by Gasteiger charge is -2.05. The number of nitriles is 1. The number of pyridine rings is 1. The van der Waals surface area contributed by atoms with Crippen LogP contribution in [0, 0.1) is 17.2 Å². The van der Waals surface area contributed by atoms with E-state index in [-0.39, 0.29) is 0 Å². The lowest BCUT2D eigenvalue weighted by Crippen LogP contribution is -2.08. The number of hydrogen-bond donors (Lipinski definition) is 0. The molecule has 0 aliphatic heterocycles. The summed E-state index contributed by atoms with van der Waals surface area (Å²) in [4.78, 5) is 3.93. The highest BCUT2D eigenvalue weighted by Crippen LogP contribution is 2.09. The molecule has 3 nitrogen and oxygen atoms in total. The average molecular weight is 222 g/mol. The molecule has 1 unspecified atom stereocenters. The first kappa shape index (κ1) is 11.9. The van der Waals surface area contributed by atoms with Crippen LogP contribution in [0.4, 0.5) is 0 Å². The SMILES string of the molecule is CC(C)CS(=O)Cc1cccnc1C#N. The van der Waals surface area contributed by atoms with Gasteiger partial charge in [0, 0.05) is 28.3 Å². The highest BCUT2D eigenvalue weighted by atomic mass is 32.2. The molecule has 0 radical (unpaired) electrons. The van der Waals surface area contributed by atoms with E-state index in [0.29, 0.717) is 23.1 Å². The van der Waals surface area contributed by atoms with Crippen LogP contribution in [0.5, 0.6) is 0 Å². The van der Waals surface area contributed by atoms with Crippen LogP contribution in [-0.2, 0) is 16.6 Å². The van der Waals surface area contributed by atoms with Crippen LogP contribution < -0.4 is 0 Å². The number of aromatic nitrogens is 1. The Hall–Kier alpha value is -1.21. The number of hydrogen-bond acceptors (Lipinski definition) is 3. The molecule has 15 heavy (non-hydrogen) atoms. The fourth-order valence-electron chi connectivity index (χ4n) is 1.26. The van der Waals surface area contributed by atoms with Gasteiger partial charge in [0.2, 0.25) is 0 Å². The van der Waals surface area contributed by atoms with E-state index in [9.17, 15) is 4.21 Å². The molecule has 0 aliphatic rings. The Morgan fingerprint density at radius 1 is 1.60 bits per heavy atom. The standard InChI is InChI=1S/C11H14N2OS/c1-9(2)7-15(14)8-10-4-3-5-13-11(10)6-12/h3-5,9H,7-8H2,1-2H3. The summed E-state index contributed by atoms with van der Waals surface area (Å²) in [6.45, 7) is 4.07. The zero-order chi connectivity index (χ0) is 11.3. The maximum absolute atomic E-state index is 11.7. The van der Waals surface area contributed by atoms with Gasteiger partial charge in [-0.25, -0.2) is 4.98 Å². The van der Waals surface area contributed by atoms with Gasteiger partial charge in [-0.15, -0.1) is 0 Å². The molecular weight excluding hydrogens is 208 g/mol. The molecule has 0 fully saturated rings. The van der Waals surface area contributed by atoms with Gasteiger partial charge in [-0.2, -0.15) is 5.26 Å². The normalized spacial score (nSPS) is 12.4. The third-order valence-electron chi connectivity index (χ3n) is 1.83. The fourth-order valence-corrected chi connectivity index (χ4v) is 2.70. The minimum Gasteiger partial charge on any atom is -0.259 e. The minimum absolute atomic E-state index is 0.384. The van der Waals surface area contributed by atoms with Crippen molar-refractivity contribution in [2.24, 2.45) is 5.92 Å². The summed E-state index contributed by atoms with van der Waals surface area (Å²) in [5, 5.41) is 8.80. The molecule has 1 aromatic rings. The van der Waals surface area contributed by atoms with Gasteiger partial charge < -0.3 is 0 Å². The van der Waals surface area contributed by atoms with Crippen LogP contribution >= 0.6 is 0 Å². The first-order valence-corrected chi connectivity index (χ1v) is 6.31. The van der Waals surface area contributed by atoms with Gasteiger partial charge in [-0.3, -0.25) is 4.21 Å². The largest absolute Gasteiger partial charge is 0.259 e. The smallest absolute Gasteiger partial charge is 0.144 e. The molecule has 0 bridgehead atoms. The molecule has 4 heteroatoms. The first-order valence-electron chi connectivity index (χ1n) is 4.82. The van der Waals surface area contributed by atoms with Gasteiger partial charge in [0.1, 0.15) is 11.8 Å². The summed E-state index contributed by atoms with van der Waals surface area (Å²) in [6.07, 6.45) is 1.58. The van der Waals surface area contributed by atoms with Crippen LogP contribution in [0.3, 0.4) is 0 Å². The third kappa shape index (κ3) is 3.80. The van der Waals surface area contributed by atoms with Crippen molar-refractivity contribution in [3.05, 3.63) is 29.6 Å². The molecule has 0 saturated carbocycles. The second-order valence-electron chi connectivity index (χ2n) is 3.77. The Morgan fingerprint density at radius 3 is 2.93 bits per heavy atom. The van der Waals surface area contributed by atoms with E-state index >= 15 is 0 Å². The van der Waals surface area contributed by atoms with Crippen molar-refractivity contribution in [3.63, 3.8) is 0 Å². The van der Waals surface area contributed by atoms with Crippen molar-refractivity contribution in [2.75, 3.05) is 5.75 Å². The highest BCUT2D eigenvalue weighted by molar-refractivity contribution is 7.84. The number of rotatable bonds is 4. The van der Waals surface area contributed by atoms with Gasteiger partial charge in [0.25, 0.3) is 0 Å². The fraction of sp³-hybridized carbons (Fsp3) is 0.455. The molecule has 1 rings (SSSR count). The molecule has 0 spiro atoms. The van der Waals surface area contributed by atoms with Crippen molar-refractivity contribution in [2.45, 2.75) is 19.6 Å². The molecule has 1 heterocycles. The van der Waals surface area contributed by atoms with E-state index in [1.54, 1.807) is 12.3 Å². The lowest BCUT2D eigenvalue weighted by molar-refractivity contribution is 0.664. The molecule has 0 amide bonds. The zero-order valence-electron chi connectivity index (χ0n) is 8.93. The van der Waals surface area contributed by atoms with Crippen molar-refractivity contribution < 1.29 is 4.21 Å². The second kappa shape index (κ2) is 5.62. The Balaban J connectivity index is 2.73. The van der Waals surface area contributed by atoms with Gasteiger partial charge >= 0.3 is 0 Å². The van der Waals surface area contributed by atoms with Crippen molar-refractivity contribution in [3.8, 4) is 6.07 Å². The molecule has 0 N–H and O–H groups in total. The van der Waals surface area contributed by atoms with Gasteiger partial charge in [-0.1, -0.05) is 19.9 Å². The average Bonchev–Trinajstić information content (AvgIpc) is 2.17. The predicted molar refractivity (Wildman–Crippen MR) is 60.5 cm³/mol. The molecule has 0 saturated heterocycles. The maximum atomic E-state index is 11.7. The summed E-state index contributed by atoms with van der Waals surface area (Å²) < 4.78 is 11.7. The van der Waals surface area contributed by atoms with Crippen molar-refractivity contribution >= 4 is 10.8 Å². The number of nitrogens with zero attached hydrogens (tertiary/aromatic N) is 2. The van der Waals surface area contributed by atoms with Crippen LogP contribution in [0.15, 0.2) is 18.3 Å². The van der Waals surface area contributed by atoms with E-state index in [1.807, 2.05) is 26.0 Å². The predicted octanol–water partition coefficient (Wildman–Crippen LogP) is 1.86. The van der Waals surface area contributed by atoms with E-state index < -0.39 is 10.8 Å². The Labute approximate surface area is 92.6 Å². The first-order chi connectivity index (χ1) is 7.13. The molecule has 80 valence electrons.